The molecule has 0 bridgehead atoms. The van der Waals surface area contributed by atoms with Crippen molar-refractivity contribution in [1.29, 1.82) is 5.41 Å². The molecule has 0 aliphatic heterocycles. The first-order chi connectivity index (χ1) is 20.0. The minimum atomic E-state index is -1.08. The van der Waals surface area contributed by atoms with Gasteiger partial charge in [0.1, 0.15) is 11.7 Å². The quantitative estimate of drug-likeness (QED) is 0.0778. The molecule has 1 aromatic heterocycles. The van der Waals surface area contributed by atoms with Crippen LogP contribution in [0.1, 0.15) is 70.6 Å². The molecule has 0 radical (unpaired) electrons. The van der Waals surface area contributed by atoms with Gasteiger partial charge in [-0.25, -0.2) is 14.5 Å². The second-order valence-corrected chi connectivity index (χ2v) is 9.80. The van der Waals surface area contributed by atoms with Gasteiger partial charge in [0.25, 0.3) is 11.8 Å². The Hall–Kier alpha value is -4.88. The van der Waals surface area contributed by atoms with E-state index in [1.54, 1.807) is 33.0 Å². The van der Waals surface area contributed by atoms with Crippen LogP contribution in [0.2, 0.25) is 0 Å². The first kappa shape index (κ1) is 31.6. The van der Waals surface area contributed by atoms with E-state index in [2.05, 4.69) is 21.4 Å². The van der Waals surface area contributed by atoms with E-state index in [0.717, 1.165) is 24.2 Å². The maximum atomic E-state index is 13.5. The fraction of sp³-hybridized carbons (Fsp3) is 0.429. The van der Waals surface area contributed by atoms with Crippen LogP contribution in [-0.2, 0) is 19.1 Å². The Balaban J connectivity index is 2.01. The van der Waals surface area contributed by atoms with Crippen LogP contribution >= 0.6 is 0 Å². The zero-order valence-electron chi connectivity index (χ0n) is 24.3. The predicted molar refractivity (Wildman–Crippen MR) is 154 cm³/mol. The maximum Gasteiger partial charge on any atom is 0.423 e. The van der Waals surface area contributed by atoms with Crippen LogP contribution in [0.4, 0.5) is 10.5 Å². The zero-order chi connectivity index (χ0) is 31.0. The van der Waals surface area contributed by atoms with Gasteiger partial charge in [-0.1, -0.05) is 13.0 Å². The Bertz CT molecular complexity index is 1370. The molecule has 3 rings (SSSR count). The number of hydrogen-bond donors (Lipinski definition) is 5. The molecule has 2 aromatic rings. The van der Waals surface area contributed by atoms with Gasteiger partial charge in [0.15, 0.2) is 5.84 Å². The Morgan fingerprint density at radius 2 is 1.88 bits per heavy atom. The Morgan fingerprint density at radius 1 is 1.17 bits per heavy atom. The molecule has 14 heteroatoms. The lowest BCUT2D eigenvalue weighted by atomic mass is 10.1. The number of nitrogens with zero attached hydrogens (tertiary/aromatic N) is 2. The maximum absolute atomic E-state index is 13.5. The second-order valence-electron chi connectivity index (χ2n) is 9.80. The highest BCUT2D eigenvalue weighted by Crippen LogP contribution is 2.28. The first-order valence-electron chi connectivity index (χ1n) is 13.5. The number of hydrogen-bond acceptors (Lipinski definition) is 9. The zero-order valence-corrected chi connectivity index (χ0v) is 24.3. The van der Waals surface area contributed by atoms with Crippen molar-refractivity contribution in [3.8, 4) is 0 Å². The van der Waals surface area contributed by atoms with Crippen molar-refractivity contribution in [2.75, 3.05) is 30.7 Å². The number of esters is 1. The van der Waals surface area contributed by atoms with Crippen molar-refractivity contribution >= 4 is 41.8 Å². The third-order valence-corrected chi connectivity index (χ3v) is 6.59. The molecule has 0 saturated heterocycles. The highest BCUT2D eigenvalue weighted by molar-refractivity contribution is 6.21. The lowest BCUT2D eigenvalue weighted by Gasteiger charge is -2.26. The predicted octanol–water partition coefficient (Wildman–Crippen LogP) is 1.91. The highest BCUT2D eigenvalue weighted by Gasteiger charge is 2.32. The minimum Gasteiger partial charge on any atom is -0.426 e. The number of aromatic nitrogens is 1. The normalized spacial score (nSPS) is 12.9. The third kappa shape index (κ3) is 7.44. The molecule has 5 N–H and O–H groups in total. The monoisotopic (exact) mass is 583 g/mol. The van der Waals surface area contributed by atoms with Crippen molar-refractivity contribution in [2.45, 2.75) is 59.0 Å². The lowest BCUT2D eigenvalue weighted by Crippen LogP contribution is -2.41. The summed E-state index contributed by atoms with van der Waals surface area (Å²) in [4.78, 5) is 62.8. The summed E-state index contributed by atoms with van der Waals surface area (Å²) in [6, 6.07) is 3.86. The molecule has 1 aromatic carbocycles. The van der Waals surface area contributed by atoms with Crippen LogP contribution in [0.5, 0.6) is 0 Å². The van der Waals surface area contributed by atoms with Crippen molar-refractivity contribution < 1.29 is 33.4 Å². The fourth-order valence-electron chi connectivity index (χ4n) is 4.03. The third-order valence-electron chi connectivity index (χ3n) is 6.59. The molecule has 226 valence electrons. The van der Waals surface area contributed by atoms with Crippen molar-refractivity contribution in [1.82, 2.24) is 20.6 Å². The highest BCUT2D eigenvalue weighted by atomic mass is 16.7. The molecule has 42 heavy (non-hydrogen) atoms. The molecule has 1 saturated carbocycles. The number of benzene rings is 1. The summed E-state index contributed by atoms with van der Waals surface area (Å²) in [6.07, 6.45) is 3.30. The average molecular weight is 584 g/mol. The van der Waals surface area contributed by atoms with Crippen LogP contribution < -0.4 is 26.3 Å². The molecule has 1 aliphatic rings. The molecule has 4 amide bonds. The van der Waals surface area contributed by atoms with E-state index in [1.165, 1.54) is 23.9 Å². The summed E-state index contributed by atoms with van der Waals surface area (Å²) in [7, 11) is 1.59. The van der Waals surface area contributed by atoms with Crippen LogP contribution in [0.25, 0.3) is 0 Å². The van der Waals surface area contributed by atoms with Crippen molar-refractivity contribution in [3.05, 3.63) is 52.3 Å². The van der Waals surface area contributed by atoms with E-state index >= 15 is 0 Å². The summed E-state index contributed by atoms with van der Waals surface area (Å²) < 4.78 is 11.6. The van der Waals surface area contributed by atoms with Crippen LogP contribution in [0.15, 0.2) is 24.4 Å². The Kier molecular flexibility index (Phi) is 10.7. The minimum absolute atomic E-state index is 0.103. The standard InChI is InChI=1S/C28H37N7O7/c1-6-11-31-26(38)21-13-34(30-5)23(17(21)3)24(29)35(28(40)42-15-41-27(39)18(4)32-14-36)22-12-19(8-7-16(22)2)25(37)33-20-9-10-20/h7-8,12-14,18,20,29-30H,6,9-11,15H2,1-5H3,(H,31,38)(H,32,36)(H,33,37)/t18-/m0/s1. The smallest absolute Gasteiger partial charge is 0.423 e. The molecular weight excluding hydrogens is 546 g/mol. The molecule has 0 unspecified atom stereocenters. The molecule has 1 aliphatic carbocycles. The van der Waals surface area contributed by atoms with E-state index < -0.39 is 24.9 Å². The number of rotatable bonds is 13. The molecule has 1 heterocycles. The van der Waals surface area contributed by atoms with Gasteiger partial charge in [-0.15, -0.1) is 0 Å². The van der Waals surface area contributed by atoms with Crippen LogP contribution in [0, 0.1) is 19.3 Å². The lowest BCUT2D eigenvalue weighted by molar-refractivity contribution is -0.154. The van der Waals surface area contributed by atoms with E-state index in [-0.39, 0.29) is 40.6 Å². The van der Waals surface area contributed by atoms with Crippen LogP contribution in [0.3, 0.4) is 0 Å². The van der Waals surface area contributed by atoms with Gasteiger partial charge in [0.05, 0.1) is 11.3 Å². The van der Waals surface area contributed by atoms with Gasteiger partial charge in [-0.05, 0) is 63.3 Å². The van der Waals surface area contributed by atoms with Crippen LogP contribution in [-0.4, -0.2) is 73.3 Å². The number of ether oxygens (including phenoxy) is 2. The molecule has 1 atom stereocenters. The molecule has 1 fully saturated rings. The number of amides is 4. The van der Waals surface area contributed by atoms with Gasteiger partial charge in [0, 0.05) is 31.4 Å². The summed E-state index contributed by atoms with van der Waals surface area (Å²) in [5.74, 6) is -1.87. The summed E-state index contributed by atoms with van der Waals surface area (Å²) in [5.41, 5.74) is 4.79. The molecule has 0 spiro atoms. The van der Waals surface area contributed by atoms with E-state index in [9.17, 15) is 24.0 Å². The van der Waals surface area contributed by atoms with Gasteiger partial charge < -0.3 is 30.8 Å². The second kappa shape index (κ2) is 14.1. The number of nitrogens with one attached hydrogen (secondary N) is 5. The van der Waals surface area contributed by atoms with Gasteiger partial charge in [-0.3, -0.25) is 24.5 Å². The van der Waals surface area contributed by atoms with Gasteiger partial charge in [0.2, 0.25) is 13.2 Å². The van der Waals surface area contributed by atoms with Crippen molar-refractivity contribution in [3.63, 3.8) is 0 Å². The summed E-state index contributed by atoms with van der Waals surface area (Å²) in [6.45, 7) is 6.33. The topological polar surface area (TPSA) is 184 Å². The Morgan fingerprint density at radius 3 is 2.50 bits per heavy atom. The number of anilines is 1. The SMILES string of the molecule is CCCNC(=O)c1cn(NC)c(C(=N)N(C(=O)OCOC(=O)[C@H](C)NC=O)c2cc(C(=O)NC3CC3)ccc2C)c1C. The summed E-state index contributed by atoms with van der Waals surface area (Å²) in [5, 5.41) is 17.1. The van der Waals surface area contributed by atoms with E-state index in [1.807, 2.05) is 6.92 Å². The number of carbonyl (C=O) groups is 5. The van der Waals surface area contributed by atoms with Gasteiger partial charge >= 0.3 is 12.1 Å². The largest absolute Gasteiger partial charge is 0.426 e. The average Bonchev–Trinajstić information content (AvgIpc) is 3.71. The van der Waals surface area contributed by atoms with Crippen molar-refractivity contribution in [2.24, 2.45) is 0 Å². The van der Waals surface area contributed by atoms with Gasteiger partial charge in [-0.2, -0.15) is 0 Å². The number of amidine groups is 1. The number of aryl methyl sites for hydroxylation is 1. The van der Waals surface area contributed by atoms with E-state index in [0.29, 0.717) is 29.6 Å². The fourth-order valence-corrected chi connectivity index (χ4v) is 4.03. The molecule has 14 nitrogen and oxygen atoms in total. The first-order valence-corrected chi connectivity index (χ1v) is 13.5. The summed E-state index contributed by atoms with van der Waals surface area (Å²) >= 11 is 0. The molecular formula is C28H37N7O7. The Labute approximate surface area is 243 Å². The van der Waals surface area contributed by atoms with E-state index in [4.69, 9.17) is 14.9 Å². The number of carbonyl (C=O) groups excluding carboxylic acids is 5.